The maximum Gasteiger partial charge on any atom is 0.240 e. The number of halogens is 2. The van der Waals surface area contributed by atoms with Gasteiger partial charge in [0, 0.05) is 16.1 Å². The molecule has 2 aromatic rings. The summed E-state index contributed by atoms with van der Waals surface area (Å²) >= 11 is 3.35. The molecule has 102 valence electrons. The summed E-state index contributed by atoms with van der Waals surface area (Å²) in [6.07, 6.45) is 1.02. The lowest BCUT2D eigenvalue weighted by molar-refractivity contribution is 0.358. The van der Waals surface area contributed by atoms with E-state index in [1.807, 2.05) is 0 Å². The minimum absolute atomic E-state index is 0.331. The first-order valence-corrected chi connectivity index (χ1v) is 6.91. The van der Waals surface area contributed by atoms with Crippen LogP contribution in [-0.2, 0) is 6.54 Å². The third-order valence-corrected chi connectivity index (χ3v) is 3.54. The molecule has 1 unspecified atom stereocenters. The van der Waals surface area contributed by atoms with Gasteiger partial charge < -0.3 is 9.84 Å². The maximum atomic E-state index is 13.2. The third-order valence-electron chi connectivity index (χ3n) is 2.85. The van der Waals surface area contributed by atoms with Crippen LogP contribution in [0.3, 0.4) is 0 Å². The molecule has 0 spiro atoms. The first-order valence-electron chi connectivity index (χ1n) is 6.11. The van der Waals surface area contributed by atoms with E-state index in [9.17, 15) is 4.39 Å². The lowest BCUT2D eigenvalue weighted by Gasteiger charge is -2.07. The summed E-state index contributed by atoms with van der Waals surface area (Å²) in [6, 6.07) is 4.76. The molecule has 1 N–H and O–H groups in total. The molecule has 1 atom stereocenters. The smallest absolute Gasteiger partial charge is 0.240 e. The van der Waals surface area contributed by atoms with Crippen LogP contribution in [0, 0.1) is 5.82 Å². The van der Waals surface area contributed by atoms with Gasteiger partial charge in [0.25, 0.3) is 0 Å². The van der Waals surface area contributed by atoms with Crippen molar-refractivity contribution in [2.45, 2.75) is 32.9 Å². The van der Waals surface area contributed by atoms with Crippen LogP contribution in [0.25, 0.3) is 11.4 Å². The Labute approximate surface area is 119 Å². The van der Waals surface area contributed by atoms with E-state index in [0.29, 0.717) is 29.9 Å². The highest BCUT2D eigenvalue weighted by Gasteiger charge is 2.12. The normalized spacial score (nSPS) is 12.6. The average molecular weight is 328 g/mol. The zero-order chi connectivity index (χ0) is 13.8. The Morgan fingerprint density at radius 3 is 3.00 bits per heavy atom. The number of hydrogen-bond donors (Lipinski definition) is 1. The SMILES string of the molecule is CCC(C)NCc1nc(-c2cc(F)ccc2Br)no1. The quantitative estimate of drug-likeness (QED) is 0.912. The molecule has 0 aliphatic carbocycles. The molecule has 2 rings (SSSR count). The zero-order valence-corrected chi connectivity index (χ0v) is 12.4. The van der Waals surface area contributed by atoms with Crippen LogP contribution in [0.5, 0.6) is 0 Å². The van der Waals surface area contributed by atoms with Crippen molar-refractivity contribution in [1.82, 2.24) is 15.5 Å². The average Bonchev–Trinajstić information content (AvgIpc) is 2.87. The Balaban J connectivity index is 2.14. The number of hydrogen-bond acceptors (Lipinski definition) is 4. The van der Waals surface area contributed by atoms with Gasteiger partial charge in [0.2, 0.25) is 11.7 Å². The molecule has 4 nitrogen and oxygen atoms in total. The zero-order valence-electron chi connectivity index (χ0n) is 10.8. The fourth-order valence-corrected chi connectivity index (χ4v) is 1.93. The number of nitrogens with one attached hydrogen (secondary N) is 1. The van der Waals surface area contributed by atoms with E-state index in [4.69, 9.17) is 4.52 Å². The van der Waals surface area contributed by atoms with E-state index < -0.39 is 0 Å². The highest BCUT2D eigenvalue weighted by Crippen LogP contribution is 2.26. The predicted molar refractivity (Wildman–Crippen MR) is 74.0 cm³/mol. The van der Waals surface area contributed by atoms with Crippen molar-refractivity contribution in [3.63, 3.8) is 0 Å². The lowest BCUT2D eigenvalue weighted by atomic mass is 10.2. The van der Waals surface area contributed by atoms with Crippen LogP contribution in [0.2, 0.25) is 0 Å². The van der Waals surface area contributed by atoms with Gasteiger partial charge in [-0.05, 0) is 31.5 Å². The topological polar surface area (TPSA) is 51.0 Å². The Kier molecular flexibility index (Phi) is 4.66. The molecule has 1 aromatic heterocycles. The number of rotatable bonds is 5. The second kappa shape index (κ2) is 6.25. The predicted octanol–water partition coefficient (Wildman–Crippen LogP) is 3.53. The summed E-state index contributed by atoms with van der Waals surface area (Å²) in [6.45, 7) is 4.69. The Morgan fingerprint density at radius 1 is 1.47 bits per heavy atom. The second-order valence-corrected chi connectivity index (χ2v) is 5.18. The summed E-state index contributed by atoms with van der Waals surface area (Å²) in [5.41, 5.74) is 0.582. The molecule has 0 bridgehead atoms. The van der Waals surface area contributed by atoms with Crippen molar-refractivity contribution in [3.8, 4) is 11.4 Å². The summed E-state index contributed by atoms with van der Waals surface area (Å²) < 4.78 is 19.1. The number of aromatic nitrogens is 2. The van der Waals surface area contributed by atoms with Gasteiger partial charge in [0.1, 0.15) is 5.82 Å². The Hall–Kier alpha value is -1.27. The molecule has 1 heterocycles. The van der Waals surface area contributed by atoms with Crippen LogP contribution in [0.1, 0.15) is 26.2 Å². The van der Waals surface area contributed by atoms with Crippen molar-refractivity contribution in [2.75, 3.05) is 0 Å². The molecule has 6 heteroatoms. The summed E-state index contributed by atoms with van der Waals surface area (Å²) in [7, 11) is 0. The van der Waals surface area contributed by atoms with E-state index in [1.165, 1.54) is 12.1 Å². The van der Waals surface area contributed by atoms with E-state index in [-0.39, 0.29) is 5.82 Å². The van der Waals surface area contributed by atoms with Crippen molar-refractivity contribution in [3.05, 3.63) is 34.4 Å². The van der Waals surface area contributed by atoms with Gasteiger partial charge in [-0.2, -0.15) is 4.98 Å². The summed E-state index contributed by atoms with van der Waals surface area (Å²) in [5.74, 6) is 0.543. The van der Waals surface area contributed by atoms with Crippen LogP contribution >= 0.6 is 15.9 Å². The molecule has 0 saturated heterocycles. The van der Waals surface area contributed by atoms with Gasteiger partial charge >= 0.3 is 0 Å². The number of nitrogens with zero attached hydrogens (tertiary/aromatic N) is 2. The first kappa shape index (κ1) is 14.1. The van der Waals surface area contributed by atoms with Crippen molar-refractivity contribution in [1.29, 1.82) is 0 Å². The van der Waals surface area contributed by atoms with Crippen LogP contribution < -0.4 is 5.32 Å². The van der Waals surface area contributed by atoms with Gasteiger partial charge in [-0.1, -0.05) is 28.0 Å². The second-order valence-electron chi connectivity index (χ2n) is 4.33. The van der Waals surface area contributed by atoms with E-state index in [0.717, 1.165) is 10.9 Å². The highest BCUT2D eigenvalue weighted by molar-refractivity contribution is 9.10. The molecule has 0 fully saturated rings. The van der Waals surface area contributed by atoms with Gasteiger partial charge in [-0.25, -0.2) is 4.39 Å². The molecule has 0 aliphatic heterocycles. The number of benzene rings is 1. The highest BCUT2D eigenvalue weighted by atomic mass is 79.9. The van der Waals surface area contributed by atoms with Crippen molar-refractivity contribution in [2.24, 2.45) is 0 Å². The molecule has 0 radical (unpaired) electrons. The summed E-state index contributed by atoms with van der Waals surface area (Å²) in [4.78, 5) is 4.25. The fraction of sp³-hybridized carbons (Fsp3) is 0.385. The monoisotopic (exact) mass is 327 g/mol. The van der Waals surface area contributed by atoms with Gasteiger partial charge in [0.15, 0.2) is 0 Å². The van der Waals surface area contributed by atoms with Crippen LogP contribution in [0.15, 0.2) is 27.2 Å². The molecule has 0 aliphatic rings. The first-order chi connectivity index (χ1) is 9.10. The van der Waals surface area contributed by atoms with Crippen LogP contribution in [-0.4, -0.2) is 16.2 Å². The maximum absolute atomic E-state index is 13.2. The molecule has 0 amide bonds. The third kappa shape index (κ3) is 3.61. The van der Waals surface area contributed by atoms with Gasteiger partial charge in [-0.15, -0.1) is 0 Å². The summed E-state index contributed by atoms with van der Waals surface area (Å²) in [5, 5.41) is 7.13. The Bertz CT molecular complexity index is 559. The molecule has 0 saturated carbocycles. The van der Waals surface area contributed by atoms with Crippen molar-refractivity contribution >= 4 is 15.9 Å². The molecule has 1 aromatic carbocycles. The molecular weight excluding hydrogens is 313 g/mol. The standard InChI is InChI=1S/C13H15BrFN3O/c1-3-8(2)16-7-12-17-13(18-19-12)10-6-9(15)4-5-11(10)14/h4-6,8,16H,3,7H2,1-2H3. The lowest BCUT2D eigenvalue weighted by Crippen LogP contribution is -2.24. The van der Waals surface area contributed by atoms with Crippen molar-refractivity contribution < 1.29 is 8.91 Å². The fourth-order valence-electron chi connectivity index (χ4n) is 1.51. The molecular formula is C13H15BrFN3O. The largest absolute Gasteiger partial charge is 0.338 e. The van der Waals surface area contributed by atoms with E-state index >= 15 is 0 Å². The van der Waals surface area contributed by atoms with E-state index in [1.54, 1.807) is 6.07 Å². The van der Waals surface area contributed by atoms with Crippen LogP contribution in [0.4, 0.5) is 4.39 Å². The minimum Gasteiger partial charge on any atom is -0.338 e. The molecule has 19 heavy (non-hydrogen) atoms. The Morgan fingerprint density at radius 2 is 2.26 bits per heavy atom. The van der Waals surface area contributed by atoms with E-state index in [2.05, 4.69) is 45.2 Å². The minimum atomic E-state index is -0.331. The van der Waals surface area contributed by atoms with Gasteiger partial charge in [0.05, 0.1) is 6.54 Å². The van der Waals surface area contributed by atoms with Gasteiger partial charge in [-0.3, -0.25) is 0 Å².